The van der Waals surface area contributed by atoms with Crippen molar-refractivity contribution >= 4 is 17.0 Å². The lowest BCUT2D eigenvalue weighted by molar-refractivity contribution is -0.137. The summed E-state index contributed by atoms with van der Waals surface area (Å²) < 4.78 is 0. The van der Waals surface area contributed by atoms with Gasteiger partial charge in [0.1, 0.15) is 0 Å². The van der Waals surface area contributed by atoms with Gasteiger partial charge in [0.2, 0.25) is 0 Å². The Hall–Kier alpha value is -2.41. The number of hydrogen-bond acceptors (Lipinski definition) is 4. The third-order valence-corrected chi connectivity index (χ3v) is 2.84. The Morgan fingerprint density at radius 3 is 2.47 bits per heavy atom. The molecule has 19 heavy (non-hydrogen) atoms. The lowest BCUT2D eigenvalue weighted by Crippen LogP contribution is -2.29. The minimum absolute atomic E-state index is 0.0264. The van der Waals surface area contributed by atoms with Gasteiger partial charge in [0.25, 0.3) is 0 Å². The number of aromatic nitrogens is 2. The van der Waals surface area contributed by atoms with E-state index in [1.807, 2.05) is 0 Å². The van der Waals surface area contributed by atoms with Gasteiger partial charge in [-0.3, -0.25) is 14.4 Å². The number of carbonyl (C=O) groups is 1. The summed E-state index contributed by atoms with van der Waals surface area (Å²) in [5.41, 5.74) is 6.10. The van der Waals surface area contributed by atoms with Crippen molar-refractivity contribution in [1.82, 2.24) is 9.97 Å². The number of aromatic amines is 2. The van der Waals surface area contributed by atoms with Crippen molar-refractivity contribution in [3.63, 3.8) is 0 Å². The van der Waals surface area contributed by atoms with Crippen molar-refractivity contribution in [1.29, 1.82) is 0 Å². The zero-order chi connectivity index (χ0) is 14.0. The van der Waals surface area contributed by atoms with Crippen molar-refractivity contribution in [2.75, 3.05) is 0 Å². The number of rotatable bonds is 4. The minimum Gasteiger partial charge on any atom is -0.481 e. The maximum atomic E-state index is 11.2. The molecule has 100 valence electrons. The number of nitrogens with two attached hydrogens (primary N) is 1. The van der Waals surface area contributed by atoms with Crippen LogP contribution < -0.4 is 16.9 Å². The maximum Gasteiger partial charge on any atom is 0.314 e. The zero-order valence-corrected chi connectivity index (χ0v) is 9.97. The molecule has 5 N–H and O–H groups in total. The molecule has 0 saturated heterocycles. The number of H-pyrrole nitrogens is 2. The van der Waals surface area contributed by atoms with Crippen molar-refractivity contribution in [3.8, 4) is 0 Å². The van der Waals surface area contributed by atoms with Crippen molar-refractivity contribution in [3.05, 3.63) is 44.5 Å². The lowest BCUT2D eigenvalue weighted by atomic mass is 10.0. The van der Waals surface area contributed by atoms with E-state index in [1.165, 1.54) is 0 Å². The highest BCUT2D eigenvalue weighted by molar-refractivity contribution is 5.74. The van der Waals surface area contributed by atoms with Gasteiger partial charge >= 0.3 is 17.1 Å². The van der Waals surface area contributed by atoms with Crippen LogP contribution in [0.3, 0.4) is 0 Å². The number of hydrogen-bond donors (Lipinski definition) is 4. The van der Waals surface area contributed by atoms with E-state index < -0.39 is 23.1 Å². The van der Waals surface area contributed by atoms with Crippen LogP contribution in [0, 0.1) is 0 Å². The van der Waals surface area contributed by atoms with E-state index in [0.29, 0.717) is 23.0 Å². The smallest absolute Gasteiger partial charge is 0.314 e. The topological polar surface area (TPSA) is 129 Å². The summed E-state index contributed by atoms with van der Waals surface area (Å²) >= 11 is 0. The molecular weight excluding hydrogens is 250 g/mol. The van der Waals surface area contributed by atoms with Crippen LogP contribution >= 0.6 is 0 Å². The second-order valence-electron chi connectivity index (χ2n) is 4.25. The highest BCUT2D eigenvalue weighted by atomic mass is 16.4. The van der Waals surface area contributed by atoms with Gasteiger partial charge in [-0.15, -0.1) is 0 Å². The Morgan fingerprint density at radius 2 is 1.84 bits per heavy atom. The van der Waals surface area contributed by atoms with Crippen LogP contribution in [-0.4, -0.2) is 21.0 Å². The number of aliphatic carboxylic acids is 1. The molecule has 1 aromatic heterocycles. The molecule has 0 saturated carbocycles. The quantitative estimate of drug-likeness (QED) is 0.580. The van der Waals surface area contributed by atoms with E-state index in [2.05, 4.69) is 9.97 Å². The number of fused-ring (bicyclic) bond motifs is 1. The van der Waals surface area contributed by atoms with Crippen LogP contribution in [0.5, 0.6) is 0 Å². The Labute approximate surface area is 107 Å². The molecule has 0 spiro atoms. The minimum atomic E-state index is -0.908. The molecule has 0 bridgehead atoms. The molecule has 1 atom stereocenters. The molecule has 0 radical (unpaired) electrons. The van der Waals surface area contributed by atoms with Crippen LogP contribution in [0.15, 0.2) is 27.8 Å². The fourth-order valence-electron chi connectivity index (χ4n) is 1.81. The van der Waals surface area contributed by atoms with Crippen LogP contribution in [-0.2, 0) is 4.79 Å². The first-order valence-electron chi connectivity index (χ1n) is 5.71. The van der Waals surface area contributed by atoms with Crippen LogP contribution in [0.4, 0.5) is 0 Å². The first-order chi connectivity index (χ1) is 8.97. The summed E-state index contributed by atoms with van der Waals surface area (Å²) in [7, 11) is 0. The summed E-state index contributed by atoms with van der Waals surface area (Å²) in [6, 6.07) is 4.53. The molecule has 0 aliphatic carbocycles. The van der Waals surface area contributed by atoms with Crippen molar-refractivity contribution < 1.29 is 9.90 Å². The lowest BCUT2D eigenvalue weighted by Gasteiger charge is -2.11. The number of carboxylic acid groups (broad SMARTS) is 1. The van der Waals surface area contributed by atoms with E-state index in [0.717, 1.165) is 0 Å². The molecule has 2 rings (SSSR count). The highest BCUT2D eigenvalue weighted by Crippen LogP contribution is 2.18. The Kier molecular flexibility index (Phi) is 3.48. The van der Waals surface area contributed by atoms with Gasteiger partial charge in [-0.1, -0.05) is 6.07 Å². The molecule has 1 aromatic carbocycles. The van der Waals surface area contributed by atoms with Crippen LogP contribution in [0.2, 0.25) is 0 Å². The Bertz CT molecular complexity index is 732. The SMILES string of the molecule is NC(CCC(=O)O)c1ccc2[nH]c(=O)c(=O)[nH]c2c1. The van der Waals surface area contributed by atoms with Gasteiger partial charge in [-0.05, 0) is 24.1 Å². The van der Waals surface area contributed by atoms with Crippen molar-refractivity contribution in [2.45, 2.75) is 18.9 Å². The maximum absolute atomic E-state index is 11.2. The zero-order valence-electron chi connectivity index (χ0n) is 9.97. The number of carboxylic acids is 1. The van der Waals surface area contributed by atoms with E-state index >= 15 is 0 Å². The second kappa shape index (κ2) is 5.07. The summed E-state index contributed by atoms with van der Waals surface area (Å²) in [6.07, 6.45) is 0.274. The molecule has 1 unspecified atom stereocenters. The third kappa shape index (κ3) is 2.89. The first kappa shape index (κ1) is 13.0. The summed E-state index contributed by atoms with van der Waals surface area (Å²) in [4.78, 5) is 37.7. The van der Waals surface area contributed by atoms with Gasteiger partial charge in [0, 0.05) is 12.5 Å². The molecule has 1 heterocycles. The molecule has 2 aromatic rings. The first-order valence-corrected chi connectivity index (χ1v) is 5.71. The van der Waals surface area contributed by atoms with Gasteiger partial charge in [0.05, 0.1) is 11.0 Å². The molecule has 0 amide bonds. The summed E-state index contributed by atoms with van der Waals surface area (Å²) in [6.45, 7) is 0. The van der Waals surface area contributed by atoms with E-state index in [-0.39, 0.29) is 6.42 Å². The molecule has 7 nitrogen and oxygen atoms in total. The highest BCUT2D eigenvalue weighted by Gasteiger charge is 2.10. The van der Waals surface area contributed by atoms with Gasteiger partial charge < -0.3 is 20.8 Å². The molecule has 7 heteroatoms. The van der Waals surface area contributed by atoms with Gasteiger partial charge in [0.15, 0.2) is 0 Å². The Morgan fingerprint density at radius 1 is 1.21 bits per heavy atom. The fourth-order valence-corrected chi connectivity index (χ4v) is 1.81. The number of nitrogens with one attached hydrogen (secondary N) is 2. The van der Waals surface area contributed by atoms with Crippen LogP contribution in [0.25, 0.3) is 11.0 Å². The van der Waals surface area contributed by atoms with E-state index in [9.17, 15) is 14.4 Å². The fraction of sp³-hybridized carbons (Fsp3) is 0.250. The standard InChI is InChI=1S/C12H13N3O4/c13-7(2-4-10(16)17)6-1-3-8-9(5-6)15-12(19)11(18)14-8/h1,3,5,7H,2,4,13H2,(H,14,18)(H,15,19)(H,16,17). The molecule has 0 aliphatic rings. The van der Waals surface area contributed by atoms with Crippen LogP contribution in [0.1, 0.15) is 24.4 Å². The molecular formula is C12H13N3O4. The predicted molar refractivity (Wildman–Crippen MR) is 69.0 cm³/mol. The monoisotopic (exact) mass is 263 g/mol. The Balaban J connectivity index is 2.35. The largest absolute Gasteiger partial charge is 0.481 e. The van der Waals surface area contributed by atoms with Crippen molar-refractivity contribution in [2.24, 2.45) is 5.73 Å². The van der Waals surface area contributed by atoms with Gasteiger partial charge in [-0.2, -0.15) is 0 Å². The molecule has 0 fully saturated rings. The van der Waals surface area contributed by atoms with Gasteiger partial charge in [-0.25, -0.2) is 0 Å². The van der Waals surface area contributed by atoms with E-state index in [4.69, 9.17) is 10.8 Å². The summed E-state index contributed by atoms with van der Waals surface area (Å²) in [5, 5.41) is 8.61. The predicted octanol–water partition coefficient (Wildman–Crippen LogP) is 0.0810. The average Bonchev–Trinajstić information content (AvgIpc) is 2.36. The van der Waals surface area contributed by atoms with E-state index in [1.54, 1.807) is 18.2 Å². The number of benzene rings is 1. The second-order valence-corrected chi connectivity index (χ2v) is 4.25. The average molecular weight is 263 g/mol. The molecule has 0 aliphatic heterocycles. The third-order valence-electron chi connectivity index (χ3n) is 2.84. The normalized spacial score (nSPS) is 12.5. The summed E-state index contributed by atoms with van der Waals surface area (Å²) in [5.74, 6) is -0.908.